The second-order valence-corrected chi connectivity index (χ2v) is 7.23. The summed E-state index contributed by atoms with van der Waals surface area (Å²) in [7, 11) is 0. The molecule has 0 saturated heterocycles. The number of nitrogens with one attached hydrogen (secondary N) is 1. The van der Waals surface area contributed by atoms with E-state index >= 15 is 0 Å². The Hall–Kier alpha value is -1.26. The Balaban J connectivity index is 2.01. The zero-order chi connectivity index (χ0) is 15.3. The fourth-order valence-corrected chi connectivity index (χ4v) is 2.83. The molecule has 1 atom stereocenters. The first-order valence-electron chi connectivity index (χ1n) is 7.29. The van der Waals surface area contributed by atoms with Crippen LogP contribution >= 0.6 is 11.3 Å². The molecular weight excluding hydrogens is 283 g/mol. The molecule has 1 N–H and O–H groups in total. The van der Waals surface area contributed by atoms with Crippen LogP contribution in [0.3, 0.4) is 0 Å². The van der Waals surface area contributed by atoms with Crippen molar-refractivity contribution >= 4 is 11.3 Å². The second-order valence-electron chi connectivity index (χ2n) is 6.51. The molecule has 0 amide bonds. The highest BCUT2D eigenvalue weighted by Gasteiger charge is 2.16. The van der Waals surface area contributed by atoms with Crippen LogP contribution in [-0.4, -0.2) is 17.1 Å². The number of aromatic nitrogens is 1. The first-order valence-corrected chi connectivity index (χ1v) is 8.23. The Morgan fingerprint density at radius 1 is 1.19 bits per heavy atom. The minimum absolute atomic E-state index is 0.100. The van der Waals surface area contributed by atoms with Crippen LogP contribution in [0.15, 0.2) is 35.2 Å². The summed E-state index contributed by atoms with van der Waals surface area (Å²) in [5, 5.41) is 5.67. The SMILES string of the molecule is CC(C)(C)NCC(Cc1ccc(F)cc1)Cc1cscn1. The van der Waals surface area contributed by atoms with Crippen molar-refractivity contribution in [1.29, 1.82) is 0 Å². The fraction of sp³-hybridized carbons (Fsp3) is 0.471. The maximum Gasteiger partial charge on any atom is 0.123 e. The molecule has 21 heavy (non-hydrogen) atoms. The lowest BCUT2D eigenvalue weighted by molar-refractivity contribution is 0.366. The van der Waals surface area contributed by atoms with E-state index < -0.39 is 0 Å². The summed E-state index contributed by atoms with van der Waals surface area (Å²) in [6.07, 6.45) is 1.88. The van der Waals surface area contributed by atoms with Gasteiger partial charge in [0.1, 0.15) is 5.82 Å². The Morgan fingerprint density at radius 2 is 1.90 bits per heavy atom. The van der Waals surface area contributed by atoms with E-state index in [9.17, 15) is 4.39 Å². The highest BCUT2D eigenvalue weighted by Crippen LogP contribution is 2.16. The van der Waals surface area contributed by atoms with Crippen LogP contribution in [-0.2, 0) is 12.8 Å². The van der Waals surface area contributed by atoms with Crippen LogP contribution in [0.2, 0.25) is 0 Å². The molecule has 1 aromatic carbocycles. The number of hydrogen-bond donors (Lipinski definition) is 1. The van der Waals surface area contributed by atoms with Gasteiger partial charge in [-0.05, 0) is 63.8 Å². The van der Waals surface area contributed by atoms with Crippen molar-refractivity contribution in [2.45, 2.75) is 39.2 Å². The lowest BCUT2D eigenvalue weighted by Gasteiger charge is -2.25. The monoisotopic (exact) mass is 306 g/mol. The van der Waals surface area contributed by atoms with Crippen LogP contribution in [0.1, 0.15) is 32.0 Å². The minimum atomic E-state index is -0.178. The molecule has 2 rings (SSSR count). The highest BCUT2D eigenvalue weighted by molar-refractivity contribution is 7.07. The van der Waals surface area contributed by atoms with Gasteiger partial charge < -0.3 is 5.32 Å². The molecule has 114 valence electrons. The van der Waals surface area contributed by atoms with Crippen molar-refractivity contribution in [2.75, 3.05) is 6.54 Å². The Morgan fingerprint density at radius 3 is 2.48 bits per heavy atom. The summed E-state index contributed by atoms with van der Waals surface area (Å²) in [4.78, 5) is 4.39. The van der Waals surface area contributed by atoms with E-state index in [4.69, 9.17) is 0 Å². The lowest BCUT2D eigenvalue weighted by Crippen LogP contribution is -2.40. The Bertz CT molecular complexity index is 529. The molecule has 0 radical (unpaired) electrons. The standard InChI is InChI=1S/C17H23FN2S/c1-17(2,3)20-10-14(9-16-11-21-12-19-16)8-13-4-6-15(18)7-5-13/h4-7,11-12,14,20H,8-10H2,1-3H3. The highest BCUT2D eigenvalue weighted by atomic mass is 32.1. The summed E-state index contributed by atoms with van der Waals surface area (Å²) in [5.41, 5.74) is 4.29. The molecular formula is C17H23FN2S. The average molecular weight is 306 g/mol. The number of thiazole rings is 1. The van der Waals surface area contributed by atoms with Gasteiger partial charge >= 0.3 is 0 Å². The van der Waals surface area contributed by atoms with E-state index in [1.165, 1.54) is 17.7 Å². The van der Waals surface area contributed by atoms with Gasteiger partial charge in [0.05, 0.1) is 11.2 Å². The van der Waals surface area contributed by atoms with Gasteiger partial charge in [0.2, 0.25) is 0 Å². The van der Waals surface area contributed by atoms with Crippen LogP contribution in [0.25, 0.3) is 0 Å². The average Bonchev–Trinajstić information content (AvgIpc) is 2.91. The zero-order valence-corrected chi connectivity index (χ0v) is 13.7. The molecule has 2 aromatic rings. The zero-order valence-electron chi connectivity index (χ0n) is 12.9. The molecule has 2 nitrogen and oxygen atoms in total. The summed E-state index contributed by atoms with van der Waals surface area (Å²) < 4.78 is 13.0. The Kier molecular flexibility index (Phi) is 5.48. The Labute approximate surface area is 130 Å². The van der Waals surface area contributed by atoms with E-state index in [1.54, 1.807) is 11.3 Å². The van der Waals surface area contributed by atoms with Crippen LogP contribution < -0.4 is 5.32 Å². The molecule has 4 heteroatoms. The molecule has 0 saturated carbocycles. The van der Waals surface area contributed by atoms with Gasteiger partial charge in [0, 0.05) is 10.9 Å². The molecule has 0 bridgehead atoms. The maximum absolute atomic E-state index is 13.0. The second kappa shape index (κ2) is 7.14. The number of hydrogen-bond acceptors (Lipinski definition) is 3. The van der Waals surface area contributed by atoms with Crippen molar-refractivity contribution in [3.05, 3.63) is 52.2 Å². The third-order valence-electron chi connectivity index (χ3n) is 3.34. The molecule has 0 aliphatic heterocycles. The van der Waals surface area contributed by atoms with Gasteiger partial charge in [0.15, 0.2) is 0 Å². The van der Waals surface area contributed by atoms with Crippen LogP contribution in [0.5, 0.6) is 0 Å². The van der Waals surface area contributed by atoms with Crippen molar-refractivity contribution in [2.24, 2.45) is 5.92 Å². The largest absolute Gasteiger partial charge is 0.312 e. The fourth-order valence-electron chi connectivity index (χ4n) is 2.25. The number of halogens is 1. The van der Waals surface area contributed by atoms with Gasteiger partial charge in [-0.25, -0.2) is 9.37 Å². The first kappa shape index (κ1) is 16.1. The van der Waals surface area contributed by atoms with Crippen molar-refractivity contribution in [3.63, 3.8) is 0 Å². The van der Waals surface area contributed by atoms with Gasteiger partial charge in [-0.2, -0.15) is 0 Å². The third-order valence-corrected chi connectivity index (χ3v) is 3.98. The maximum atomic E-state index is 13.0. The number of rotatable bonds is 6. The topological polar surface area (TPSA) is 24.9 Å². The van der Waals surface area contributed by atoms with Gasteiger partial charge in [-0.1, -0.05) is 12.1 Å². The normalized spacial score (nSPS) is 13.3. The summed E-state index contributed by atoms with van der Waals surface area (Å²) in [6.45, 7) is 7.44. The third kappa shape index (κ3) is 5.94. The molecule has 1 heterocycles. The number of nitrogens with zero attached hydrogens (tertiary/aromatic N) is 1. The minimum Gasteiger partial charge on any atom is -0.312 e. The van der Waals surface area contributed by atoms with E-state index in [0.29, 0.717) is 5.92 Å². The van der Waals surface area contributed by atoms with E-state index in [2.05, 4.69) is 36.5 Å². The van der Waals surface area contributed by atoms with E-state index in [-0.39, 0.29) is 11.4 Å². The van der Waals surface area contributed by atoms with E-state index in [1.807, 2.05) is 17.6 Å². The quantitative estimate of drug-likeness (QED) is 0.870. The van der Waals surface area contributed by atoms with Crippen molar-refractivity contribution in [3.8, 4) is 0 Å². The predicted molar refractivity (Wildman–Crippen MR) is 87.2 cm³/mol. The van der Waals surface area contributed by atoms with Crippen molar-refractivity contribution < 1.29 is 4.39 Å². The van der Waals surface area contributed by atoms with Gasteiger partial charge in [-0.15, -0.1) is 11.3 Å². The van der Waals surface area contributed by atoms with Crippen LogP contribution in [0.4, 0.5) is 4.39 Å². The van der Waals surface area contributed by atoms with E-state index in [0.717, 1.165) is 25.1 Å². The lowest BCUT2D eigenvalue weighted by atomic mass is 9.94. The van der Waals surface area contributed by atoms with Crippen LogP contribution in [0, 0.1) is 11.7 Å². The summed E-state index contributed by atoms with van der Waals surface area (Å²) in [6, 6.07) is 6.82. The van der Waals surface area contributed by atoms with Gasteiger partial charge in [-0.3, -0.25) is 0 Å². The molecule has 0 fully saturated rings. The first-order chi connectivity index (χ1) is 9.92. The van der Waals surface area contributed by atoms with Crippen molar-refractivity contribution in [1.82, 2.24) is 10.3 Å². The number of benzene rings is 1. The molecule has 1 aromatic heterocycles. The smallest absolute Gasteiger partial charge is 0.123 e. The molecule has 0 spiro atoms. The molecule has 1 unspecified atom stereocenters. The summed E-state index contributed by atoms with van der Waals surface area (Å²) >= 11 is 1.63. The van der Waals surface area contributed by atoms with Gasteiger partial charge in [0.25, 0.3) is 0 Å². The molecule has 0 aliphatic rings. The predicted octanol–water partition coefficient (Wildman–Crippen LogP) is 4.07. The molecule has 0 aliphatic carbocycles. The summed E-state index contributed by atoms with van der Waals surface area (Å²) in [5.74, 6) is 0.277.